The number of benzene rings is 1. The molecule has 1 aliphatic carbocycles. The lowest BCUT2D eigenvalue weighted by atomic mass is 9.84. The zero-order valence-corrected chi connectivity index (χ0v) is 15.1. The minimum Gasteiger partial charge on any atom is -0.341 e. The third-order valence-corrected chi connectivity index (χ3v) is 4.79. The first kappa shape index (κ1) is 19.6. The normalized spacial score (nSPS) is 15.5. The Kier molecular flexibility index (Phi) is 7.34. The van der Waals surface area contributed by atoms with E-state index in [2.05, 4.69) is 10.6 Å². The van der Waals surface area contributed by atoms with E-state index in [1.54, 1.807) is 18.2 Å². The molecule has 1 fully saturated rings. The molecule has 6 heteroatoms. The molecule has 0 radical (unpaired) electrons. The number of ketones is 1. The number of nitriles is 1. The molecule has 1 saturated carbocycles. The average molecular weight is 355 g/mol. The third kappa shape index (κ3) is 5.69. The maximum Gasteiger partial charge on any atom is 0.251 e. The summed E-state index contributed by atoms with van der Waals surface area (Å²) in [5, 5.41) is 14.0. The van der Waals surface area contributed by atoms with Crippen molar-refractivity contribution in [2.45, 2.75) is 51.5 Å². The van der Waals surface area contributed by atoms with E-state index in [-0.39, 0.29) is 24.1 Å². The second kappa shape index (κ2) is 9.71. The molecule has 1 aromatic carbocycles. The molecule has 6 nitrogen and oxygen atoms in total. The Morgan fingerprint density at radius 3 is 2.54 bits per heavy atom. The van der Waals surface area contributed by atoms with Gasteiger partial charge >= 0.3 is 0 Å². The van der Waals surface area contributed by atoms with Gasteiger partial charge in [-0.15, -0.1) is 0 Å². The molecule has 26 heavy (non-hydrogen) atoms. The van der Waals surface area contributed by atoms with Gasteiger partial charge in [-0.05, 0) is 31.4 Å². The number of amides is 2. The van der Waals surface area contributed by atoms with Crippen molar-refractivity contribution in [1.29, 1.82) is 5.26 Å². The SMILES string of the molecule is CC(=O)c1cccc(C(=O)N[C@H](CC2CCCCC2)C(=O)NCC#N)c1. The molecule has 0 spiro atoms. The maximum absolute atomic E-state index is 12.6. The average Bonchev–Trinajstić information content (AvgIpc) is 2.66. The first-order valence-electron chi connectivity index (χ1n) is 9.07. The van der Waals surface area contributed by atoms with Crippen LogP contribution in [-0.4, -0.2) is 30.2 Å². The number of hydrogen-bond acceptors (Lipinski definition) is 4. The van der Waals surface area contributed by atoms with Gasteiger partial charge in [-0.2, -0.15) is 5.26 Å². The van der Waals surface area contributed by atoms with Crippen LogP contribution in [0.15, 0.2) is 24.3 Å². The highest BCUT2D eigenvalue weighted by molar-refractivity contribution is 6.01. The van der Waals surface area contributed by atoms with Gasteiger partial charge in [-0.3, -0.25) is 14.4 Å². The highest BCUT2D eigenvalue weighted by atomic mass is 16.2. The van der Waals surface area contributed by atoms with Gasteiger partial charge in [0, 0.05) is 11.1 Å². The van der Waals surface area contributed by atoms with Crippen molar-refractivity contribution < 1.29 is 14.4 Å². The van der Waals surface area contributed by atoms with Crippen LogP contribution in [0.1, 0.15) is 66.2 Å². The highest BCUT2D eigenvalue weighted by Gasteiger charge is 2.26. The number of hydrogen-bond donors (Lipinski definition) is 2. The predicted octanol–water partition coefficient (Wildman–Crippen LogP) is 2.60. The van der Waals surface area contributed by atoms with E-state index >= 15 is 0 Å². The van der Waals surface area contributed by atoms with Gasteiger partial charge in [0.2, 0.25) is 5.91 Å². The molecule has 0 bridgehead atoms. The van der Waals surface area contributed by atoms with E-state index in [4.69, 9.17) is 5.26 Å². The second-order valence-corrected chi connectivity index (χ2v) is 6.78. The van der Waals surface area contributed by atoms with E-state index < -0.39 is 6.04 Å². The van der Waals surface area contributed by atoms with Crippen LogP contribution < -0.4 is 10.6 Å². The lowest BCUT2D eigenvalue weighted by Gasteiger charge is -2.26. The molecular formula is C20H25N3O3. The number of carbonyl (C=O) groups is 3. The van der Waals surface area contributed by atoms with E-state index in [0.29, 0.717) is 23.5 Å². The van der Waals surface area contributed by atoms with Crippen LogP contribution in [0.2, 0.25) is 0 Å². The number of rotatable bonds is 7. The fourth-order valence-corrected chi connectivity index (χ4v) is 3.36. The largest absolute Gasteiger partial charge is 0.341 e. The molecular weight excluding hydrogens is 330 g/mol. The zero-order valence-electron chi connectivity index (χ0n) is 15.1. The molecule has 2 N–H and O–H groups in total. The van der Waals surface area contributed by atoms with Crippen LogP contribution in [0.3, 0.4) is 0 Å². The first-order valence-corrected chi connectivity index (χ1v) is 9.07. The summed E-state index contributed by atoms with van der Waals surface area (Å²) in [7, 11) is 0. The van der Waals surface area contributed by atoms with Crippen molar-refractivity contribution >= 4 is 17.6 Å². The molecule has 0 aliphatic heterocycles. The summed E-state index contributed by atoms with van der Waals surface area (Å²) in [6, 6.07) is 7.65. The van der Waals surface area contributed by atoms with Crippen LogP contribution >= 0.6 is 0 Å². The molecule has 1 aromatic rings. The molecule has 2 amide bonds. The first-order chi connectivity index (χ1) is 12.5. The minimum atomic E-state index is -0.681. The van der Waals surface area contributed by atoms with E-state index in [0.717, 1.165) is 25.7 Å². The van der Waals surface area contributed by atoms with E-state index in [1.807, 2.05) is 6.07 Å². The molecule has 138 valence electrons. The summed E-state index contributed by atoms with van der Waals surface area (Å²) >= 11 is 0. The smallest absolute Gasteiger partial charge is 0.251 e. The quantitative estimate of drug-likeness (QED) is 0.580. The van der Waals surface area contributed by atoms with Crippen LogP contribution in [0.25, 0.3) is 0 Å². The van der Waals surface area contributed by atoms with Gasteiger partial charge in [0.25, 0.3) is 5.91 Å². The Hall–Kier alpha value is -2.68. The van der Waals surface area contributed by atoms with Gasteiger partial charge in [0.1, 0.15) is 12.6 Å². The van der Waals surface area contributed by atoms with E-state index in [9.17, 15) is 14.4 Å². The molecule has 1 atom stereocenters. The lowest BCUT2D eigenvalue weighted by Crippen LogP contribution is -2.48. The Morgan fingerprint density at radius 1 is 1.19 bits per heavy atom. The number of Topliss-reactive ketones (excluding diaryl/α,β-unsaturated/α-hetero) is 1. The Balaban J connectivity index is 2.09. The lowest BCUT2D eigenvalue weighted by molar-refractivity contribution is -0.123. The minimum absolute atomic E-state index is 0.0876. The molecule has 1 aliphatic rings. The van der Waals surface area contributed by atoms with Crippen LogP contribution in [0.5, 0.6) is 0 Å². The van der Waals surface area contributed by atoms with Crippen molar-refractivity contribution in [2.75, 3.05) is 6.54 Å². The molecule has 0 saturated heterocycles. The monoisotopic (exact) mass is 355 g/mol. The Morgan fingerprint density at radius 2 is 1.88 bits per heavy atom. The second-order valence-electron chi connectivity index (χ2n) is 6.78. The van der Waals surface area contributed by atoms with Crippen LogP contribution in [0, 0.1) is 17.2 Å². The number of nitrogens with zero attached hydrogens (tertiary/aromatic N) is 1. The Labute approximate surface area is 154 Å². The van der Waals surface area contributed by atoms with Gasteiger partial charge in [0.05, 0.1) is 6.07 Å². The number of carbonyl (C=O) groups excluding carboxylic acids is 3. The fourth-order valence-electron chi connectivity index (χ4n) is 3.36. The van der Waals surface area contributed by atoms with Crippen LogP contribution in [0.4, 0.5) is 0 Å². The van der Waals surface area contributed by atoms with Gasteiger partial charge in [-0.25, -0.2) is 0 Å². The Bertz CT molecular complexity index is 702. The highest BCUT2D eigenvalue weighted by Crippen LogP contribution is 2.27. The molecule has 0 aromatic heterocycles. The predicted molar refractivity (Wildman–Crippen MR) is 97.5 cm³/mol. The van der Waals surface area contributed by atoms with Gasteiger partial charge < -0.3 is 10.6 Å². The zero-order chi connectivity index (χ0) is 18.9. The standard InChI is InChI=1S/C20H25N3O3/c1-14(24)16-8-5-9-17(13-16)19(25)23-18(20(26)22-11-10-21)12-15-6-3-2-4-7-15/h5,8-9,13,15,18H,2-4,6-7,11-12H2,1H3,(H,22,26)(H,23,25)/t18-/m1/s1. The van der Waals surface area contributed by atoms with Gasteiger partial charge in [-0.1, -0.05) is 44.2 Å². The summed E-state index contributed by atoms with van der Waals surface area (Å²) < 4.78 is 0. The molecule has 0 heterocycles. The van der Waals surface area contributed by atoms with Gasteiger partial charge in [0.15, 0.2) is 5.78 Å². The topological polar surface area (TPSA) is 99.1 Å². The molecule has 0 unspecified atom stereocenters. The van der Waals surface area contributed by atoms with Crippen molar-refractivity contribution in [1.82, 2.24) is 10.6 Å². The molecule has 2 rings (SSSR count). The summed E-state index contributed by atoms with van der Waals surface area (Å²) in [4.78, 5) is 36.5. The summed E-state index contributed by atoms with van der Waals surface area (Å²) in [6.07, 6.45) is 6.18. The van der Waals surface area contributed by atoms with Crippen molar-refractivity contribution in [2.24, 2.45) is 5.92 Å². The van der Waals surface area contributed by atoms with E-state index in [1.165, 1.54) is 19.4 Å². The summed E-state index contributed by atoms with van der Waals surface area (Å²) in [5.74, 6) is -0.454. The summed E-state index contributed by atoms with van der Waals surface area (Å²) in [6.45, 7) is 1.36. The third-order valence-electron chi connectivity index (χ3n) is 4.79. The summed E-state index contributed by atoms with van der Waals surface area (Å²) in [5.41, 5.74) is 0.801. The van der Waals surface area contributed by atoms with Crippen molar-refractivity contribution in [3.8, 4) is 6.07 Å². The fraction of sp³-hybridized carbons (Fsp3) is 0.500. The number of nitrogens with one attached hydrogen (secondary N) is 2. The maximum atomic E-state index is 12.6. The van der Waals surface area contributed by atoms with Crippen molar-refractivity contribution in [3.05, 3.63) is 35.4 Å². The van der Waals surface area contributed by atoms with Crippen LogP contribution in [-0.2, 0) is 4.79 Å². The van der Waals surface area contributed by atoms with Crippen molar-refractivity contribution in [3.63, 3.8) is 0 Å².